The SMILES string of the molecule is COC[C@@H]1CCCN1C[C@@H]1O[C@H](c2ccc(NC(=O)[C@@H](Cc3ccccc3)NS(=O)(=O)c3ccc(C)cc3)cc2)O[C@H](c2ccc(CO)cc2)[C@@H]1C. The van der Waals surface area contributed by atoms with Gasteiger partial charge in [0.2, 0.25) is 15.9 Å². The van der Waals surface area contributed by atoms with Crippen LogP contribution in [0.15, 0.2) is 108 Å². The summed E-state index contributed by atoms with van der Waals surface area (Å²) < 4.78 is 48.2. The van der Waals surface area contributed by atoms with Crippen molar-refractivity contribution >= 4 is 21.6 Å². The first-order valence-electron chi connectivity index (χ1n) is 17.9. The molecule has 2 saturated heterocycles. The van der Waals surface area contributed by atoms with Gasteiger partial charge in [0.05, 0.1) is 30.3 Å². The summed E-state index contributed by atoms with van der Waals surface area (Å²) in [5.41, 5.74) is 4.91. The van der Waals surface area contributed by atoms with Gasteiger partial charge in [-0.25, -0.2) is 8.42 Å². The van der Waals surface area contributed by atoms with Gasteiger partial charge in [-0.2, -0.15) is 4.72 Å². The maximum absolute atomic E-state index is 13.7. The number of anilines is 1. The third-order valence-electron chi connectivity index (χ3n) is 10.1. The van der Waals surface area contributed by atoms with Crippen LogP contribution in [-0.2, 0) is 42.1 Å². The molecule has 0 aromatic heterocycles. The fourth-order valence-corrected chi connectivity index (χ4v) is 8.23. The maximum Gasteiger partial charge on any atom is 0.242 e. The molecular weight excluding hydrogens is 679 g/mol. The first-order chi connectivity index (χ1) is 25.1. The van der Waals surface area contributed by atoms with Crippen LogP contribution in [0.4, 0.5) is 5.69 Å². The number of aliphatic hydroxyl groups is 1. The highest BCUT2D eigenvalue weighted by molar-refractivity contribution is 7.89. The van der Waals surface area contributed by atoms with Gasteiger partial charge in [-0.05, 0) is 73.7 Å². The third kappa shape index (κ3) is 9.34. The normalized spacial score (nSPS) is 23.0. The molecule has 2 fully saturated rings. The van der Waals surface area contributed by atoms with Crippen LogP contribution < -0.4 is 10.0 Å². The summed E-state index contributed by atoms with van der Waals surface area (Å²) in [6.07, 6.45) is 1.34. The van der Waals surface area contributed by atoms with Crippen LogP contribution in [0.2, 0.25) is 0 Å². The predicted octanol–water partition coefficient (Wildman–Crippen LogP) is 5.92. The van der Waals surface area contributed by atoms with Crippen molar-refractivity contribution in [3.8, 4) is 0 Å². The van der Waals surface area contributed by atoms with E-state index in [1.54, 1.807) is 31.4 Å². The van der Waals surface area contributed by atoms with Gasteiger partial charge in [0, 0.05) is 36.9 Å². The molecule has 4 aromatic carbocycles. The Hall–Kier alpha value is -3.94. The van der Waals surface area contributed by atoms with Crippen LogP contribution in [0.3, 0.4) is 0 Å². The summed E-state index contributed by atoms with van der Waals surface area (Å²) in [7, 11) is -2.24. The number of likely N-dealkylation sites (tertiary alicyclic amines) is 1. The van der Waals surface area contributed by atoms with Gasteiger partial charge in [0.15, 0.2) is 6.29 Å². The van der Waals surface area contributed by atoms with Gasteiger partial charge in [-0.3, -0.25) is 9.69 Å². The standard InChI is InChI=1S/C41H49N3O7S/c1-28-11-21-36(22-12-28)52(47,48)43-37(24-30-8-5-4-6-9-30)40(46)42-34-19-17-33(18-20-34)41-50-38(25-44-23-7-10-35(44)27-49-3)29(2)39(51-41)32-15-13-31(26-45)14-16-32/h4-6,8-9,11-22,29,35,37-39,41,43,45H,7,10,23-27H2,1-3H3,(H,42,46)/t29-,35+,37-,38+,39+,41+/m1/s1. The average molecular weight is 728 g/mol. The Morgan fingerprint density at radius 1 is 0.923 bits per heavy atom. The second-order valence-electron chi connectivity index (χ2n) is 13.9. The number of aryl methyl sites for hydroxylation is 1. The van der Waals surface area contributed by atoms with Gasteiger partial charge in [-0.1, -0.05) is 91.3 Å². The number of nitrogens with zero attached hydrogens (tertiary/aromatic N) is 1. The van der Waals surface area contributed by atoms with E-state index in [4.69, 9.17) is 14.2 Å². The lowest BCUT2D eigenvalue weighted by molar-refractivity contribution is -0.276. The Kier molecular flexibility index (Phi) is 12.5. The maximum atomic E-state index is 13.7. The number of sulfonamides is 1. The molecule has 3 N–H and O–H groups in total. The zero-order chi connectivity index (χ0) is 36.7. The summed E-state index contributed by atoms with van der Waals surface area (Å²) in [5.74, 6) is -0.433. The van der Waals surface area contributed by atoms with E-state index >= 15 is 0 Å². The molecule has 6 atom stereocenters. The number of rotatable bonds is 14. The number of carbonyl (C=O) groups excluding carboxylic acids is 1. The monoisotopic (exact) mass is 727 g/mol. The van der Waals surface area contributed by atoms with E-state index in [9.17, 15) is 18.3 Å². The zero-order valence-corrected chi connectivity index (χ0v) is 30.8. The zero-order valence-electron chi connectivity index (χ0n) is 30.0. The number of carbonyl (C=O) groups is 1. The minimum absolute atomic E-state index is 0.0277. The fraction of sp³-hybridized carbons (Fsp3) is 0.390. The number of methoxy groups -OCH3 is 1. The Balaban J connectivity index is 1.20. The molecule has 276 valence electrons. The molecular formula is C41H49N3O7S. The molecule has 10 nitrogen and oxygen atoms in total. The van der Waals surface area contributed by atoms with Crippen molar-refractivity contribution in [1.29, 1.82) is 0 Å². The van der Waals surface area contributed by atoms with Gasteiger partial charge < -0.3 is 24.6 Å². The van der Waals surface area contributed by atoms with Crippen LogP contribution in [0.25, 0.3) is 0 Å². The van der Waals surface area contributed by atoms with Gasteiger partial charge >= 0.3 is 0 Å². The Morgan fingerprint density at radius 2 is 1.62 bits per heavy atom. The first kappa shape index (κ1) is 37.8. The van der Waals surface area contributed by atoms with Crippen LogP contribution in [0.5, 0.6) is 0 Å². The van der Waals surface area contributed by atoms with Crippen LogP contribution in [0, 0.1) is 12.8 Å². The lowest BCUT2D eigenvalue weighted by Crippen LogP contribution is -2.46. The molecule has 52 heavy (non-hydrogen) atoms. The molecule has 0 unspecified atom stereocenters. The lowest BCUT2D eigenvalue weighted by atomic mass is 9.90. The largest absolute Gasteiger partial charge is 0.392 e. The van der Waals surface area contributed by atoms with Crippen LogP contribution in [0.1, 0.15) is 60.0 Å². The molecule has 2 aliphatic rings. The summed E-state index contributed by atoms with van der Waals surface area (Å²) in [6, 6.07) is 30.3. The molecule has 2 aliphatic heterocycles. The van der Waals surface area contributed by atoms with E-state index in [1.807, 2.05) is 73.7 Å². The molecule has 1 amide bonds. The van der Waals surface area contributed by atoms with E-state index in [0.29, 0.717) is 18.3 Å². The Morgan fingerprint density at radius 3 is 2.29 bits per heavy atom. The van der Waals surface area contributed by atoms with Crippen LogP contribution >= 0.6 is 0 Å². The number of hydrogen-bond acceptors (Lipinski definition) is 8. The second-order valence-corrected chi connectivity index (χ2v) is 15.6. The molecule has 0 radical (unpaired) electrons. The Bertz CT molecular complexity index is 1860. The van der Waals surface area contributed by atoms with E-state index < -0.39 is 28.3 Å². The molecule has 11 heteroatoms. The molecule has 0 saturated carbocycles. The second kappa shape index (κ2) is 17.3. The van der Waals surface area contributed by atoms with Crippen molar-refractivity contribution in [3.63, 3.8) is 0 Å². The summed E-state index contributed by atoms with van der Waals surface area (Å²) in [6.45, 7) is 6.43. The molecule has 6 rings (SSSR count). The van der Waals surface area contributed by atoms with Gasteiger partial charge in [0.25, 0.3) is 0 Å². The summed E-state index contributed by atoms with van der Waals surface area (Å²) >= 11 is 0. The minimum Gasteiger partial charge on any atom is -0.392 e. The molecule has 0 aliphatic carbocycles. The molecule has 0 bridgehead atoms. The number of amides is 1. The highest BCUT2D eigenvalue weighted by Gasteiger charge is 2.40. The highest BCUT2D eigenvalue weighted by atomic mass is 32.2. The van der Waals surface area contributed by atoms with Gasteiger partial charge in [-0.15, -0.1) is 0 Å². The van der Waals surface area contributed by atoms with E-state index in [1.165, 1.54) is 12.1 Å². The molecule has 4 aromatic rings. The average Bonchev–Trinajstić information content (AvgIpc) is 3.59. The van der Waals surface area contributed by atoms with Crippen molar-refractivity contribution in [3.05, 3.63) is 131 Å². The molecule has 2 heterocycles. The van der Waals surface area contributed by atoms with Crippen molar-refractivity contribution in [2.24, 2.45) is 5.92 Å². The molecule has 0 spiro atoms. The Labute approximate surface area is 307 Å². The third-order valence-corrected chi connectivity index (χ3v) is 11.6. The number of ether oxygens (including phenoxy) is 3. The minimum atomic E-state index is -3.98. The number of hydrogen-bond donors (Lipinski definition) is 3. The lowest BCUT2D eigenvalue weighted by Gasteiger charge is -2.43. The smallest absolute Gasteiger partial charge is 0.242 e. The summed E-state index contributed by atoms with van der Waals surface area (Å²) in [5, 5.41) is 12.5. The van der Waals surface area contributed by atoms with Crippen molar-refractivity contribution in [2.45, 2.75) is 75.2 Å². The predicted molar refractivity (Wildman–Crippen MR) is 200 cm³/mol. The quantitative estimate of drug-likeness (QED) is 0.146. The van der Waals surface area contributed by atoms with E-state index in [0.717, 1.165) is 53.7 Å². The first-order valence-corrected chi connectivity index (χ1v) is 19.4. The number of benzene rings is 4. The van der Waals surface area contributed by atoms with Crippen molar-refractivity contribution in [2.75, 3.05) is 32.1 Å². The highest BCUT2D eigenvalue weighted by Crippen LogP contribution is 2.42. The van der Waals surface area contributed by atoms with E-state index in [2.05, 4.69) is 21.9 Å². The summed E-state index contributed by atoms with van der Waals surface area (Å²) in [4.78, 5) is 16.3. The van der Waals surface area contributed by atoms with Crippen molar-refractivity contribution in [1.82, 2.24) is 9.62 Å². The van der Waals surface area contributed by atoms with E-state index in [-0.39, 0.29) is 36.0 Å². The van der Waals surface area contributed by atoms with Gasteiger partial charge in [0.1, 0.15) is 6.04 Å². The fourth-order valence-electron chi connectivity index (χ4n) is 7.04. The number of aliphatic hydroxyl groups excluding tert-OH is 1. The topological polar surface area (TPSA) is 126 Å². The van der Waals surface area contributed by atoms with Crippen LogP contribution in [-0.4, -0.2) is 69.3 Å². The van der Waals surface area contributed by atoms with Crippen molar-refractivity contribution < 1.29 is 32.5 Å². The number of nitrogens with one attached hydrogen (secondary N) is 2.